The highest BCUT2D eigenvalue weighted by molar-refractivity contribution is 6.36. The fraction of sp³-hybridized carbons (Fsp3) is 0.0909. The highest BCUT2D eigenvalue weighted by Gasteiger charge is 2.10. The van der Waals surface area contributed by atoms with Gasteiger partial charge < -0.3 is 9.47 Å². The van der Waals surface area contributed by atoms with Crippen LogP contribution in [0.15, 0.2) is 65.8 Å². The second-order valence-corrected chi connectivity index (χ2v) is 7.43. The van der Waals surface area contributed by atoms with E-state index in [9.17, 15) is 4.79 Å². The molecule has 0 atom stereocenters. The average Bonchev–Trinajstić information content (AvgIpc) is 2.73. The Hall–Kier alpha value is -2.73. The van der Waals surface area contributed by atoms with Crippen molar-refractivity contribution in [1.29, 1.82) is 0 Å². The minimum Gasteiger partial charge on any atom is -0.493 e. The Morgan fingerprint density at radius 1 is 0.967 bits per heavy atom. The van der Waals surface area contributed by atoms with Gasteiger partial charge in [0.1, 0.15) is 6.61 Å². The molecule has 0 saturated carbocycles. The topological polar surface area (TPSA) is 59.9 Å². The molecule has 0 aliphatic rings. The summed E-state index contributed by atoms with van der Waals surface area (Å²) < 4.78 is 11.2. The summed E-state index contributed by atoms with van der Waals surface area (Å²) in [7, 11) is 1.56. The minimum atomic E-state index is -0.444. The summed E-state index contributed by atoms with van der Waals surface area (Å²) in [6.07, 6.45) is 1.50. The van der Waals surface area contributed by atoms with Crippen LogP contribution in [0.2, 0.25) is 15.1 Å². The molecule has 0 aliphatic heterocycles. The molecule has 8 heteroatoms. The number of halogens is 3. The van der Waals surface area contributed by atoms with E-state index in [0.717, 1.165) is 5.56 Å². The molecule has 5 nitrogen and oxygen atoms in total. The van der Waals surface area contributed by atoms with E-state index >= 15 is 0 Å². The lowest BCUT2D eigenvalue weighted by molar-refractivity contribution is 0.0955. The van der Waals surface area contributed by atoms with Crippen LogP contribution in [0.4, 0.5) is 0 Å². The molecule has 0 saturated heterocycles. The van der Waals surface area contributed by atoms with Gasteiger partial charge in [-0.25, -0.2) is 5.43 Å². The van der Waals surface area contributed by atoms with Crippen molar-refractivity contribution in [3.05, 3.63) is 92.4 Å². The van der Waals surface area contributed by atoms with Crippen molar-refractivity contribution in [2.45, 2.75) is 6.61 Å². The first-order valence-corrected chi connectivity index (χ1v) is 9.93. The minimum absolute atomic E-state index is 0.248. The molecule has 0 fully saturated rings. The Morgan fingerprint density at radius 3 is 2.40 bits per heavy atom. The molecule has 0 aliphatic carbocycles. The normalized spacial score (nSPS) is 10.8. The Bertz CT molecular complexity index is 1070. The van der Waals surface area contributed by atoms with Crippen LogP contribution in [0.5, 0.6) is 11.5 Å². The van der Waals surface area contributed by atoms with Gasteiger partial charge in [-0.15, -0.1) is 0 Å². The number of carbonyl (C=O) groups is 1. The van der Waals surface area contributed by atoms with Gasteiger partial charge in [-0.05, 0) is 59.7 Å². The molecule has 0 bridgehead atoms. The van der Waals surface area contributed by atoms with E-state index in [2.05, 4.69) is 10.5 Å². The first kappa shape index (κ1) is 22.0. The van der Waals surface area contributed by atoms with Crippen LogP contribution in [-0.4, -0.2) is 19.2 Å². The summed E-state index contributed by atoms with van der Waals surface area (Å²) in [5.41, 5.74) is 4.39. The van der Waals surface area contributed by atoms with E-state index < -0.39 is 5.91 Å². The smallest absolute Gasteiger partial charge is 0.272 e. The number of nitrogens with zero attached hydrogens (tertiary/aromatic N) is 1. The summed E-state index contributed by atoms with van der Waals surface area (Å²) in [4.78, 5) is 12.2. The Morgan fingerprint density at radius 2 is 1.70 bits per heavy atom. The van der Waals surface area contributed by atoms with Crippen molar-refractivity contribution in [2.75, 3.05) is 7.11 Å². The Labute approximate surface area is 189 Å². The number of hydrazone groups is 1. The lowest BCUT2D eigenvalue weighted by Crippen LogP contribution is -2.18. The number of nitrogens with one attached hydrogen (secondary N) is 1. The molecular formula is C22H17Cl3N2O3. The Kier molecular flexibility index (Phi) is 7.57. The zero-order chi connectivity index (χ0) is 21.5. The lowest BCUT2D eigenvalue weighted by atomic mass is 10.2. The van der Waals surface area contributed by atoms with Gasteiger partial charge in [-0.1, -0.05) is 46.9 Å². The number of carbonyl (C=O) groups excluding carboxylic acids is 1. The van der Waals surface area contributed by atoms with E-state index in [1.54, 1.807) is 43.5 Å². The van der Waals surface area contributed by atoms with Gasteiger partial charge in [0.15, 0.2) is 11.5 Å². The van der Waals surface area contributed by atoms with Gasteiger partial charge in [0, 0.05) is 10.0 Å². The summed E-state index contributed by atoms with van der Waals surface area (Å²) in [5, 5.41) is 5.34. The van der Waals surface area contributed by atoms with Crippen molar-refractivity contribution >= 4 is 46.9 Å². The number of amides is 1. The van der Waals surface area contributed by atoms with Crippen LogP contribution in [-0.2, 0) is 6.61 Å². The van der Waals surface area contributed by atoms with Gasteiger partial charge in [0.05, 0.1) is 23.9 Å². The number of ether oxygens (including phenoxy) is 2. The molecular weight excluding hydrogens is 447 g/mol. The van der Waals surface area contributed by atoms with Crippen LogP contribution >= 0.6 is 34.8 Å². The zero-order valence-electron chi connectivity index (χ0n) is 15.9. The summed E-state index contributed by atoms with van der Waals surface area (Å²) in [6.45, 7) is 0.347. The van der Waals surface area contributed by atoms with Crippen molar-refractivity contribution in [1.82, 2.24) is 5.43 Å². The maximum absolute atomic E-state index is 12.2. The molecule has 3 aromatic rings. The molecule has 154 valence electrons. The molecule has 1 N–H and O–H groups in total. The van der Waals surface area contributed by atoms with E-state index in [4.69, 9.17) is 44.3 Å². The molecule has 0 spiro atoms. The summed E-state index contributed by atoms with van der Waals surface area (Å²) in [5.74, 6) is 0.683. The second kappa shape index (κ2) is 10.3. The molecule has 1 amide bonds. The predicted molar refractivity (Wildman–Crippen MR) is 120 cm³/mol. The van der Waals surface area contributed by atoms with Gasteiger partial charge in [0.2, 0.25) is 0 Å². The second-order valence-electron chi connectivity index (χ2n) is 6.15. The molecule has 3 aromatic carbocycles. The fourth-order valence-corrected chi connectivity index (χ4v) is 3.15. The van der Waals surface area contributed by atoms with Crippen molar-refractivity contribution < 1.29 is 14.3 Å². The third kappa shape index (κ3) is 5.89. The number of rotatable bonds is 7. The monoisotopic (exact) mass is 462 g/mol. The number of hydrogen-bond acceptors (Lipinski definition) is 4. The van der Waals surface area contributed by atoms with E-state index in [1.807, 2.05) is 12.1 Å². The average molecular weight is 464 g/mol. The van der Waals surface area contributed by atoms with Crippen molar-refractivity contribution in [2.24, 2.45) is 5.10 Å². The summed E-state index contributed by atoms with van der Waals surface area (Å²) >= 11 is 17.8. The van der Waals surface area contributed by atoms with Crippen LogP contribution in [0.25, 0.3) is 0 Å². The maximum atomic E-state index is 12.2. The van der Waals surface area contributed by atoms with Gasteiger partial charge >= 0.3 is 0 Å². The lowest BCUT2D eigenvalue weighted by Gasteiger charge is -2.11. The van der Waals surface area contributed by atoms with Crippen LogP contribution in [0.1, 0.15) is 21.5 Å². The Balaban J connectivity index is 1.67. The van der Waals surface area contributed by atoms with E-state index in [-0.39, 0.29) is 10.6 Å². The van der Waals surface area contributed by atoms with Gasteiger partial charge in [-0.3, -0.25) is 4.79 Å². The molecule has 0 radical (unpaired) electrons. The standard InChI is InChI=1S/C22H17Cl3N2O3/c1-29-20-9-4-15(10-21(20)30-13-14-2-5-16(23)6-3-14)12-26-27-22(28)18-8-7-17(24)11-19(18)25/h2-12H,13H2,1H3,(H,27,28)/b26-12-. The zero-order valence-corrected chi connectivity index (χ0v) is 18.1. The molecule has 0 heterocycles. The fourth-order valence-electron chi connectivity index (χ4n) is 2.53. The van der Waals surface area contributed by atoms with Crippen LogP contribution in [0, 0.1) is 0 Å². The molecule has 3 rings (SSSR count). The van der Waals surface area contributed by atoms with Crippen LogP contribution < -0.4 is 14.9 Å². The first-order chi connectivity index (χ1) is 14.5. The maximum Gasteiger partial charge on any atom is 0.272 e. The third-order valence-electron chi connectivity index (χ3n) is 4.05. The van der Waals surface area contributed by atoms with E-state index in [0.29, 0.717) is 33.7 Å². The van der Waals surface area contributed by atoms with Crippen molar-refractivity contribution in [3.8, 4) is 11.5 Å². The van der Waals surface area contributed by atoms with Gasteiger partial charge in [-0.2, -0.15) is 5.10 Å². The largest absolute Gasteiger partial charge is 0.493 e. The highest BCUT2D eigenvalue weighted by Crippen LogP contribution is 2.28. The quantitative estimate of drug-likeness (QED) is 0.345. The highest BCUT2D eigenvalue weighted by atomic mass is 35.5. The van der Waals surface area contributed by atoms with Gasteiger partial charge in [0.25, 0.3) is 5.91 Å². The van der Waals surface area contributed by atoms with Crippen molar-refractivity contribution in [3.63, 3.8) is 0 Å². The predicted octanol–water partition coefficient (Wildman–Crippen LogP) is 6.00. The van der Waals surface area contributed by atoms with E-state index in [1.165, 1.54) is 18.3 Å². The number of methoxy groups -OCH3 is 1. The molecule has 0 unspecified atom stereocenters. The molecule has 30 heavy (non-hydrogen) atoms. The number of benzene rings is 3. The molecule has 0 aromatic heterocycles. The SMILES string of the molecule is COc1ccc(/C=N\NC(=O)c2ccc(Cl)cc2Cl)cc1OCc1ccc(Cl)cc1. The summed E-state index contributed by atoms with van der Waals surface area (Å²) in [6, 6.07) is 17.3. The third-order valence-corrected chi connectivity index (χ3v) is 4.85. The number of hydrogen-bond donors (Lipinski definition) is 1. The van der Waals surface area contributed by atoms with Crippen LogP contribution in [0.3, 0.4) is 0 Å². The first-order valence-electron chi connectivity index (χ1n) is 8.80.